The number of carbonyl (C=O) groups excluding carboxylic acids is 1. The van der Waals surface area contributed by atoms with Gasteiger partial charge in [0.15, 0.2) is 0 Å². The Morgan fingerprint density at radius 1 is 1.39 bits per heavy atom. The van der Waals surface area contributed by atoms with Gasteiger partial charge in [-0.15, -0.1) is 0 Å². The third kappa shape index (κ3) is 3.96. The van der Waals surface area contributed by atoms with Crippen molar-refractivity contribution in [2.24, 2.45) is 0 Å². The number of benzene rings is 1. The summed E-state index contributed by atoms with van der Waals surface area (Å²) in [7, 11) is -4.27. The molecule has 1 aliphatic rings. The highest BCUT2D eigenvalue weighted by molar-refractivity contribution is 7.91. The van der Waals surface area contributed by atoms with Gasteiger partial charge in [0, 0.05) is 18.2 Å². The lowest BCUT2D eigenvalue weighted by atomic mass is 10.1. The molecule has 0 saturated carbocycles. The quantitative estimate of drug-likeness (QED) is 0.367. The van der Waals surface area contributed by atoms with Crippen molar-refractivity contribution in [3.05, 3.63) is 56.2 Å². The average Bonchev–Trinajstić information content (AvgIpc) is 2.62. The molecule has 2 aromatic rings. The highest BCUT2D eigenvalue weighted by Gasteiger charge is 2.20. The molecule has 1 aromatic carbocycles. The first-order valence-corrected chi connectivity index (χ1v) is 9.64. The van der Waals surface area contributed by atoms with Gasteiger partial charge in [0.25, 0.3) is 0 Å². The van der Waals surface area contributed by atoms with E-state index in [2.05, 4.69) is 26.2 Å². The number of fused-ring (bicyclic) bond motifs is 2. The number of amides is 1. The zero-order chi connectivity index (χ0) is 20.3. The monoisotopic (exact) mass is 398 g/mol. The summed E-state index contributed by atoms with van der Waals surface area (Å²) in [4.78, 5) is 27.0. The Hall–Kier alpha value is -3.40. The molecule has 1 aliphatic heterocycles. The van der Waals surface area contributed by atoms with E-state index < -0.39 is 20.8 Å². The summed E-state index contributed by atoms with van der Waals surface area (Å²) in [5.41, 5.74) is 0.240. The second-order valence-corrected chi connectivity index (χ2v) is 7.29. The molecule has 8 nitrogen and oxygen atoms in total. The molecule has 0 spiro atoms. The molecule has 0 aliphatic carbocycles. The molecule has 2 heterocycles. The molecule has 1 N–H and O–H groups in total. The predicted molar refractivity (Wildman–Crippen MR) is 102 cm³/mol. The number of hydrogen-bond acceptors (Lipinski definition) is 6. The third-order valence-corrected chi connectivity index (χ3v) is 5.06. The minimum Gasteiger partial charge on any atom is -0.422 e. The highest BCUT2D eigenvalue weighted by atomic mass is 32.2. The molecule has 9 heteroatoms. The largest absolute Gasteiger partial charge is 0.422 e. The zero-order valence-corrected chi connectivity index (χ0v) is 15.6. The van der Waals surface area contributed by atoms with Gasteiger partial charge in [0.2, 0.25) is 5.91 Å². The summed E-state index contributed by atoms with van der Waals surface area (Å²) < 4.78 is 33.7. The molecule has 0 bridgehead atoms. The topological polar surface area (TPSA) is 107 Å². The number of nitrogens with zero attached hydrogens (tertiary/aromatic N) is 1. The fourth-order valence-corrected chi connectivity index (χ4v) is 3.36. The van der Waals surface area contributed by atoms with E-state index in [1.54, 1.807) is 6.07 Å². The lowest BCUT2D eigenvalue weighted by Gasteiger charge is -2.10. The summed E-state index contributed by atoms with van der Waals surface area (Å²) in [6.07, 6.45) is 1.59. The molecular weight excluding hydrogens is 384 g/mol. The van der Waals surface area contributed by atoms with Gasteiger partial charge in [-0.3, -0.25) is 8.98 Å². The van der Waals surface area contributed by atoms with Gasteiger partial charge in [-0.1, -0.05) is 11.8 Å². The first-order chi connectivity index (χ1) is 13.3. The van der Waals surface area contributed by atoms with Gasteiger partial charge in [-0.05, 0) is 31.2 Å². The van der Waals surface area contributed by atoms with Gasteiger partial charge < -0.3 is 9.73 Å². The molecule has 0 saturated heterocycles. The maximum absolute atomic E-state index is 12.3. The number of nitrogens with one attached hydrogen (secondary N) is 1. The van der Waals surface area contributed by atoms with E-state index in [0.29, 0.717) is 23.1 Å². The third-order valence-electron chi connectivity index (χ3n) is 3.79. The zero-order valence-electron chi connectivity index (χ0n) is 14.7. The molecular formula is C19H14N2O6S. The van der Waals surface area contributed by atoms with Gasteiger partial charge in [0.05, 0.1) is 30.0 Å². The van der Waals surface area contributed by atoms with Crippen LogP contribution in [0.1, 0.15) is 30.9 Å². The van der Waals surface area contributed by atoms with Crippen LogP contribution in [0.25, 0.3) is 21.9 Å². The van der Waals surface area contributed by atoms with Gasteiger partial charge in [-0.2, -0.15) is 0 Å². The van der Waals surface area contributed by atoms with E-state index in [-0.39, 0.29) is 30.1 Å². The molecule has 3 rings (SSSR count). The van der Waals surface area contributed by atoms with Crippen LogP contribution >= 0.6 is 0 Å². The molecule has 0 atom stereocenters. The highest BCUT2D eigenvalue weighted by Crippen LogP contribution is 2.25. The van der Waals surface area contributed by atoms with Crippen LogP contribution in [0.15, 0.2) is 32.4 Å². The van der Waals surface area contributed by atoms with Crippen molar-refractivity contribution in [3.63, 3.8) is 0 Å². The minimum absolute atomic E-state index is 0.134. The summed E-state index contributed by atoms with van der Waals surface area (Å²) in [5.74, 6) is 5.60. The van der Waals surface area contributed by atoms with Gasteiger partial charge in [-0.25, -0.2) is 18.1 Å². The molecule has 28 heavy (non-hydrogen) atoms. The van der Waals surface area contributed by atoms with E-state index in [0.717, 1.165) is 6.08 Å². The Bertz CT molecular complexity index is 1270. The van der Waals surface area contributed by atoms with Crippen LogP contribution in [0.4, 0.5) is 5.69 Å². The van der Waals surface area contributed by atoms with Crippen LogP contribution in [-0.2, 0) is 19.1 Å². The molecule has 142 valence electrons. The Morgan fingerprint density at radius 3 is 2.89 bits per heavy atom. The van der Waals surface area contributed by atoms with Crippen LogP contribution in [0.3, 0.4) is 0 Å². The normalized spacial score (nSPS) is 14.1. The van der Waals surface area contributed by atoms with Crippen LogP contribution < -0.4 is 10.9 Å². The summed E-state index contributed by atoms with van der Waals surface area (Å²) >= 11 is 0. The van der Waals surface area contributed by atoms with Gasteiger partial charge in [0.1, 0.15) is 5.58 Å². The standard InChI is InChI=1S/C19H14N2O6S/c1-3-26-28(24,25)18(20-2)11-14-8-13-9-15-12(10-16(13)27-19(14)23)6-4-5-7-17(22)21-15/h8-11H,3,5,7H2,1H3,(H,21,22). The van der Waals surface area contributed by atoms with Crippen molar-refractivity contribution in [1.82, 2.24) is 0 Å². The van der Waals surface area contributed by atoms with Crippen LogP contribution in [0.2, 0.25) is 0 Å². The van der Waals surface area contributed by atoms with Crippen molar-refractivity contribution >= 4 is 38.8 Å². The predicted octanol–water partition coefficient (Wildman–Crippen LogP) is 2.46. The maximum atomic E-state index is 12.3. The number of anilines is 1. The average molecular weight is 398 g/mol. The van der Waals surface area contributed by atoms with Crippen molar-refractivity contribution in [3.8, 4) is 11.8 Å². The molecule has 1 aromatic heterocycles. The molecule has 0 radical (unpaired) electrons. The SMILES string of the molecule is [C-]#[N+]C(=Cc1cc2cc3c(cc2oc1=O)C#CCCC(=O)N3)S(=O)(=O)OCC. The van der Waals surface area contributed by atoms with Crippen molar-refractivity contribution in [2.75, 3.05) is 11.9 Å². The van der Waals surface area contributed by atoms with Crippen LogP contribution in [0, 0.1) is 18.4 Å². The van der Waals surface area contributed by atoms with E-state index in [1.807, 2.05) is 0 Å². The van der Waals surface area contributed by atoms with Gasteiger partial charge >= 0.3 is 20.8 Å². The van der Waals surface area contributed by atoms with E-state index >= 15 is 0 Å². The summed E-state index contributed by atoms with van der Waals surface area (Å²) in [5, 5.41) is 2.45. The second-order valence-electron chi connectivity index (χ2n) is 5.73. The lowest BCUT2D eigenvalue weighted by Crippen LogP contribution is -2.13. The Balaban J connectivity index is 2.17. The fourth-order valence-electron chi connectivity index (χ4n) is 2.55. The van der Waals surface area contributed by atoms with E-state index in [1.165, 1.54) is 19.1 Å². The fraction of sp³-hybridized carbons (Fsp3) is 0.211. The first kappa shape index (κ1) is 19.4. The number of hydrogen-bond donors (Lipinski definition) is 1. The van der Waals surface area contributed by atoms with Crippen LogP contribution in [-0.4, -0.2) is 20.9 Å². The minimum atomic E-state index is -4.27. The van der Waals surface area contributed by atoms with E-state index in [4.69, 9.17) is 11.0 Å². The lowest BCUT2D eigenvalue weighted by molar-refractivity contribution is -0.116. The molecule has 0 unspecified atom stereocenters. The number of carbonyl (C=O) groups is 1. The smallest absolute Gasteiger partial charge is 0.342 e. The maximum Gasteiger partial charge on any atom is 0.342 e. The van der Waals surface area contributed by atoms with Crippen molar-refractivity contribution in [1.29, 1.82) is 0 Å². The van der Waals surface area contributed by atoms with Crippen LogP contribution in [0.5, 0.6) is 0 Å². The first-order valence-electron chi connectivity index (χ1n) is 8.23. The van der Waals surface area contributed by atoms with Crippen molar-refractivity contribution in [2.45, 2.75) is 19.8 Å². The summed E-state index contributed by atoms with van der Waals surface area (Å²) in [6, 6.07) is 4.49. The molecule has 0 fully saturated rings. The second kappa shape index (κ2) is 7.69. The van der Waals surface area contributed by atoms with Crippen molar-refractivity contribution < 1.29 is 21.8 Å². The Kier molecular flexibility index (Phi) is 5.32. The van der Waals surface area contributed by atoms with E-state index in [9.17, 15) is 18.0 Å². The Labute approximate surface area is 160 Å². The summed E-state index contributed by atoms with van der Waals surface area (Å²) in [6.45, 7) is 8.39. The Morgan fingerprint density at radius 2 is 2.18 bits per heavy atom. The number of rotatable bonds is 4. The molecule has 1 amide bonds.